The molecular weight excluding hydrogens is 549 g/mol. The van der Waals surface area contributed by atoms with Crippen LogP contribution in [-0.4, -0.2) is 23.5 Å². The Bertz CT molecular complexity index is 1750. The van der Waals surface area contributed by atoms with E-state index in [4.69, 9.17) is 0 Å². The summed E-state index contributed by atoms with van der Waals surface area (Å²) in [5.74, 6) is -1.31. The third kappa shape index (κ3) is 7.50. The van der Waals surface area contributed by atoms with Gasteiger partial charge in [-0.25, -0.2) is 4.39 Å². The Morgan fingerprint density at radius 1 is 0.714 bits per heavy atom. The Morgan fingerprint density at radius 2 is 1.40 bits per heavy atom. The van der Waals surface area contributed by atoms with Crippen LogP contribution < -0.4 is 16.0 Å². The van der Waals surface area contributed by atoms with Gasteiger partial charge in [-0.3, -0.25) is 14.4 Å². The highest BCUT2D eigenvalue weighted by Crippen LogP contribution is 2.25. The smallest absolute Gasteiger partial charge is 0.272 e. The van der Waals surface area contributed by atoms with Crippen molar-refractivity contribution >= 4 is 57.7 Å². The summed E-state index contributed by atoms with van der Waals surface area (Å²) in [6.07, 6.45) is 1.48. The molecule has 3 N–H and O–H groups in total. The van der Waals surface area contributed by atoms with E-state index in [1.807, 2.05) is 42.5 Å². The summed E-state index contributed by atoms with van der Waals surface area (Å²) in [7, 11) is 0. The van der Waals surface area contributed by atoms with Gasteiger partial charge in [0.25, 0.3) is 11.8 Å². The molecule has 3 amide bonds. The topological polar surface area (TPSA) is 87.3 Å². The van der Waals surface area contributed by atoms with Crippen LogP contribution in [-0.2, 0) is 9.59 Å². The lowest BCUT2D eigenvalue weighted by Crippen LogP contribution is -2.30. The number of benzene rings is 5. The molecule has 5 aromatic rings. The van der Waals surface area contributed by atoms with Gasteiger partial charge in [-0.1, -0.05) is 66.7 Å². The lowest BCUT2D eigenvalue weighted by molar-refractivity contribution is -0.114. The van der Waals surface area contributed by atoms with E-state index in [0.717, 1.165) is 21.4 Å². The lowest BCUT2D eigenvalue weighted by Gasteiger charge is -2.12. The molecule has 208 valence electrons. The quantitative estimate of drug-likeness (QED) is 0.129. The molecule has 5 rings (SSSR count). The highest BCUT2D eigenvalue weighted by Gasteiger charge is 2.15. The average molecular weight is 576 g/mol. The monoisotopic (exact) mass is 575 g/mol. The summed E-state index contributed by atoms with van der Waals surface area (Å²) in [6, 6.07) is 34.8. The Labute approximate surface area is 246 Å². The zero-order chi connectivity index (χ0) is 29.3. The number of carbonyl (C=O) groups excluding carboxylic acids is 3. The molecule has 5 aromatic carbocycles. The molecule has 0 unspecified atom stereocenters. The van der Waals surface area contributed by atoms with Gasteiger partial charge in [0.15, 0.2) is 0 Å². The molecule has 0 bridgehead atoms. The number of carbonyl (C=O) groups is 3. The number of hydrogen-bond acceptors (Lipinski definition) is 4. The third-order valence-electron chi connectivity index (χ3n) is 6.26. The van der Waals surface area contributed by atoms with Gasteiger partial charge in [-0.05, 0) is 71.6 Å². The molecule has 0 radical (unpaired) electrons. The fourth-order valence-electron chi connectivity index (χ4n) is 4.17. The molecule has 0 aliphatic heterocycles. The van der Waals surface area contributed by atoms with E-state index in [2.05, 4.69) is 16.0 Å². The van der Waals surface area contributed by atoms with Gasteiger partial charge in [-0.15, -0.1) is 11.8 Å². The van der Waals surface area contributed by atoms with Crippen molar-refractivity contribution in [2.75, 3.05) is 16.4 Å². The Kier molecular flexibility index (Phi) is 9.06. The zero-order valence-electron chi connectivity index (χ0n) is 22.3. The second-order valence-corrected chi connectivity index (χ2v) is 10.3. The van der Waals surface area contributed by atoms with Crippen molar-refractivity contribution in [3.63, 3.8) is 0 Å². The normalized spacial score (nSPS) is 11.1. The summed E-state index contributed by atoms with van der Waals surface area (Å²) in [6.45, 7) is 0. The number of amides is 3. The molecule has 0 saturated carbocycles. The summed E-state index contributed by atoms with van der Waals surface area (Å²) in [4.78, 5) is 39.4. The molecular formula is C34H26FN3O3S. The van der Waals surface area contributed by atoms with Gasteiger partial charge in [0.1, 0.15) is 11.5 Å². The minimum Gasteiger partial charge on any atom is -0.325 e. The van der Waals surface area contributed by atoms with Crippen LogP contribution in [0.2, 0.25) is 0 Å². The molecule has 8 heteroatoms. The Morgan fingerprint density at radius 3 is 2.17 bits per heavy atom. The molecule has 0 saturated heterocycles. The minimum atomic E-state index is -0.543. The second kappa shape index (κ2) is 13.4. The van der Waals surface area contributed by atoms with Crippen LogP contribution in [0.15, 0.2) is 132 Å². The van der Waals surface area contributed by atoms with Gasteiger partial charge in [0.05, 0.1) is 5.75 Å². The molecule has 6 nitrogen and oxygen atoms in total. The number of rotatable bonds is 9. The van der Waals surface area contributed by atoms with Crippen LogP contribution in [0.5, 0.6) is 0 Å². The fourth-order valence-corrected chi connectivity index (χ4v) is 4.87. The first-order valence-corrected chi connectivity index (χ1v) is 14.1. The van der Waals surface area contributed by atoms with E-state index >= 15 is 0 Å². The summed E-state index contributed by atoms with van der Waals surface area (Å²) in [5.41, 5.74) is 2.20. The number of anilines is 2. The maximum absolute atomic E-state index is 13.4. The van der Waals surface area contributed by atoms with E-state index < -0.39 is 17.6 Å². The number of fused-ring (bicyclic) bond motifs is 1. The molecule has 0 spiro atoms. The number of thioether (sulfide) groups is 1. The Balaban J connectivity index is 1.22. The van der Waals surface area contributed by atoms with Gasteiger partial charge in [0.2, 0.25) is 5.91 Å². The van der Waals surface area contributed by atoms with E-state index in [0.29, 0.717) is 16.8 Å². The van der Waals surface area contributed by atoms with Crippen LogP contribution in [0.25, 0.3) is 16.8 Å². The minimum absolute atomic E-state index is 0.000908. The first kappa shape index (κ1) is 28.3. The van der Waals surface area contributed by atoms with Gasteiger partial charge in [-0.2, -0.15) is 0 Å². The third-order valence-corrected chi connectivity index (χ3v) is 7.27. The lowest BCUT2D eigenvalue weighted by atomic mass is 10.1. The number of nitrogens with one attached hydrogen (secondary N) is 3. The molecule has 0 fully saturated rings. The van der Waals surface area contributed by atoms with Crippen molar-refractivity contribution in [3.05, 3.63) is 144 Å². The fraction of sp³-hybridized carbons (Fsp3) is 0.0294. The van der Waals surface area contributed by atoms with E-state index in [-0.39, 0.29) is 17.4 Å². The first-order chi connectivity index (χ1) is 20.4. The van der Waals surface area contributed by atoms with Crippen LogP contribution in [0, 0.1) is 5.82 Å². The first-order valence-electron chi connectivity index (χ1n) is 13.1. The molecule has 42 heavy (non-hydrogen) atoms. The predicted molar refractivity (Wildman–Crippen MR) is 167 cm³/mol. The molecule has 0 aromatic heterocycles. The van der Waals surface area contributed by atoms with Gasteiger partial charge >= 0.3 is 0 Å². The molecule has 0 heterocycles. The molecule has 0 aliphatic rings. The number of hydrogen-bond donors (Lipinski definition) is 3. The number of halogens is 1. The van der Waals surface area contributed by atoms with Crippen LogP contribution in [0.4, 0.5) is 15.8 Å². The predicted octanol–water partition coefficient (Wildman–Crippen LogP) is 7.12. The van der Waals surface area contributed by atoms with Gasteiger partial charge in [0, 0.05) is 27.2 Å². The van der Waals surface area contributed by atoms with Crippen LogP contribution >= 0.6 is 11.8 Å². The van der Waals surface area contributed by atoms with Crippen LogP contribution in [0.1, 0.15) is 15.9 Å². The van der Waals surface area contributed by atoms with E-state index in [1.54, 1.807) is 54.6 Å². The molecule has 0 aliphatic carbocycles. The SMILES string of the molecule is O=C(CSc1ccc(NC(=O)/C(=C/c2ccc(F)cc2)NC(=O)c2ccccc2)cc1)Nc1cccc2ccccc12. The van der Waals surface area contributed by atoms with Gasteiger partial charge < -0.3 is 16.0 Å². The van der Waals surface area contributed by atoms with Crippen molar-refractivity contribution in [1.82, 2.24) is 5.32 Å². The average Bonchev–Trinajstić information content (AvgIpc) is 3.02. The van der Waals surface area contributed by atoms with Crippen LogP contribution in [0.3, 0.4) is 0 Å². The molecule has 0 atom stereocenters. The maximum atomic E-state index is 13.4. The summed E-state index contributed by atoms with van der Waals surface area (Å²) >= 11 is 1.37. The largest absolute Gasteiger partial charge is 0.325 e. The highest BCUT2D eigenvalue weighted by atomic mass is 32.2. The van der Waals surface area contributed by atoms with Crippen molar-refractivity contribution in [2.45, 2.75) is 4.90 Å². The second-order valence-electron chi connectivity index (χ2n) is 9.27. The standard InChI is InChI=1S/C34H26FN3O3S/c35-26-15-13-23(14-16-26)21-31(38-33(40)25-8-2-1-3-9-25)34(41)36-27-17-19-28(20-18-27)42-22-32(39)37-30-12-6-10-24-7-4-5-11-29(24)30/h1-21H,22H2,(H,36,41)(H,37,39)(H,38,40)/b31-21-. The summed E-state index contributed by atoms with van der Waals surface area (Å²) < 4.78 is 13.4. The Hall–Kier alpha value is -5.21. The highest BCUT2D eigenvalue weighted by molar-refractivity contribution is 8.00. The van der Waals surface area contributed by atoms with E-state index in [1.165, 1.54) is 42.1 Å². The van der Waals surface area contributed by atoms with Crippen molar-refractivity contribution in [1.29, 1.82) is 0 Å². The van der Waals surface area contributed by atoms with Crippen molar-refractivity contribution in [2.24, 2.45) is 0 Å². The van der Waals surface area contributed by atoms with Crippen molar-refractivity contribution < 1.29 is 18.8 Å². The van der Waals surface area contributed by atoms with Crippen molar-refractivity contribution in [3.8, 4) is 0 Å². The maximum Gasteiger partial charge on any atom is 0.272 e. The van der Waals surface area contributed by atoms with E-state index in [9.17, 15) is 18.8 Å². The summed E-state index contributed by atoms with van der Waals surface area (Å²) in [5, 5.41) is 10.5. The zero-order valence-corrected chi connectivity index (χ0v) is 23.2.